The van der Waals surface area contributed by atoms with Crippen molar-refractivity contribution in [2.75, 3.05) is 14.1 Å². The molecule has 88 valence electrons. The predicted octanol–water partition coefficient (Wildman–Crippen LogP) is 0.536. The van der Waals surface area contributed by atoms with Crippen molar-refractivity contribution in [3.8, 4) is 0 Å². The molecule has 1 aromatic heterocycles. The van der Waals surface area contributed by atoms with E-state index in [0.717, 1.165) is 0 Å². The molecule has 0 saturated heterocycles. The van der Waals surface area contributed by atoms with E-state index in [1.807, 2.05) is 0 Å². The first-order valence-corrected chi connectivity index (χ1v) is 4.75. The number of nitrogens with one attached hydrogen (secondary N) is 2. The molecule has 0 aromatic carbocycles. The fourth-order valence-corrected chi connectivity index (χ4v) is 1.56. The van der Waals surface area contributed by atoms with Crippen LogP contribution in [0.1, 0.15) is 32.1 Å². The van der Waals surface area contributed by atoms with Gasteiger partial charge in [-0.1, -0.05) is 0 Å². The molecular formula is C10H15N3O3. The second-order valence-electron chi connectivity index (χ2n) is 3.77. The summed E-state index contributed by atoms with van der Waals surface area (Å²) < 4.78 is 0. The molecule has 16 heavy (non-hydrogen) atoms. The van der Waals surface area contributed by atoms with E-state index in [9.17, 15) is 9.59 Å². The van der Waals surface area contributed by atoms with Crippen LogP contribution in [-0.4, -0.2) is 41.1 Å². The summed E-state index contributed by atoms with van der Waals surface area (Å²) in [5.74, 6) is -1.38. The van der Waals surface area contributed by atoms with Gasteiger partial charge >= 0.3 is 5.97 Å². The highest BCUT2D eigenvalue weighted by Gasteiger charge is 2.21. The van der Waals surface area contributed by atoms with Gasteiger partial charge in [0.15, 0.2) is 0 Å². The van der Waals surface area contributed by atoms with Gasteiger partial charge in [-0.15, -0.1) is 0 Å². The van der Waals surface area contributed by atoms with Crippen LogP contribution in [0.25, 0.3) is 0 Å². The van der Waals surface area contributed by atoms with Crippen molar-refractivity contribution in [2.45, 2.75) is 13.8 Å². The summed E-state index contributed by atoms with van der Waals surface area (Å²) >= 11 is 0. The first kappa shape index (κ1) is 12.3. The van der Waals surface area contributed by atoms with Gasteiger partial charge < -0.3 is 10.1 Å². The minimum Gasteiger partial charge on any atom is -0.477 e. The van der Waals surface area contributed by atoms with E-state index in [-0.39, 0.29) is 11.6 Å². The number of aryl methyl sites for hydroxylation is 1. The number of hydrazine groups is 1. The van der Waals surface area contributed by atoms with Crippen LogP contribution in [0.5, 0.6) is 0 Å². The first-order chi connectivity index (χ1) is 7.34. The van der Waals surface area contributed by atoms with Crippen LogP contribution in [0.15, 0.2) is 0 Å². The number of nitrogens with zero attached hydrogens (tertiary/aromatic N) is 1. The number of hydrogen-bond donors (Lipinski definition) is 3. The molecule has 0 saturated carbocycles. The zero-order valence-corrected chi connectivity index (χ0v) is 9.71. The number of carbonyl (C=O) groups is 2. The number of aromatic carboxylic acids is 1. The summed E-state index contributed by atoms with van der Waals surface area (Å²) in [6.45, 7) is 3.28. The van der Waals surface area contributed by atoms with Crippen molar-refractivity contribution in [3.63, 3.8) is 0 Å². The molecule has 0 aliphatic heterocycles. The molecular weight excluding hydrogens is 210 g/mol. The number of H-pyrrole nitrogens is 1. The second kappa shape index (κ2) is 4.36. The highest BCUT2D eigenvalue weighted by atomic mass is 16.4. The standard InChI is InChI=1S/C10H15N3O3/c1-5-7(9(14)12-13(3)4)6(2)11-8(5)10(15)16/h11H,1-4H3,(H,12,14)(H,15,16). The minimum atomic E-state index is -1.07. The van der Waals surface area contributed by atoms with Crippen molar-refractivity contribution in [1.29, 1.82) is 0 Å². The molecule has 6 heteroatoms. The number of aromatic nitrogens is 1. The number of aromatic amines is 1. The number of carboxylic acids is 1. The summed E-state index contributed by atoms with van der Waals surface area (Å²) in [7, 11) is 3.38. The highest BCUT2D eigenvalue weighted by Crippen LogP contribution is 2.17. The molecule has 1 aromatic rings. The minimum absolute atomic E-state index is 0.0569. The molecule has 0 atom stereocenters. The Morgan fingerprint density at radius 2 is 1.88 bits per heavy atom. The monoisotopic (exact) mass is 225 g/mol. The van der Waals surface area contributed by atoms with Crippen LogP contribution in [0, 0.1) is 13.8 Å². The molecule has 0 fully saturated rings. The third kappa shape index (κ3) is 2.22. The van der Waals surface area contributed by atoms with Crippen molar-refractivity contribution in [1.82, 2.24) is 15.4 Å². The Labute approximate surface area is 93.2 Å². The Hall–Kier alpha value is -1.82. The van der Waals surface area contributed by atoms with Gasteiger partial charge in [0.25, 0.3) is 5.91 Å². The Balaban J connectivity index is 3.14. The van der Waals surface area contributed by atoms with Crippen LogP contribution in [-0.2, 0) is 0 Å². The predicted molar refractivity (Wildman–Crippen MR) is 58.4 cm³/mol. The second-order valence-corrected chi connectivity index (χ2v) is 3.77. The highest BCUT2D eigenvalue weighted by molar-refractivity contribution is 6.00. The van der Waals surface area contributed by atoms with E-state index < -0.39 is 5.97 Å². The number of carboxylic acid groups (broad SMARTS) is 1. The van der Waals surface area contributed by atoms with Gasteiger partial charge in [-0.25, -0.2) is 9.80 Å². The lowest BCUT2D eigenvalue weighted by Gasteiger charge is -2.12. The molecule has 1 rings (SSSR count). The number of rotatable bonds is 3. The maximum absolute atomic E-state index is 11.8. The molecule has 0 bridgehead atoms. The summed E-state index contributed by atoms with van der Waals surface area (Å²) in [6, 6.07) is 0. The molecule has 0 aliphatic carbocycles. The van der Waals surface area contributed by atoms with Gasteiger partial charge in [0.2, 0.25) is 0 Å². The molecule has 0 spiro atoms. The Bertz CT molecular complexity index is 435. The average Bonchev–Trinajstić information content (AvgIpc) is 2.40. The summed E-state index contributed by atoms with van der Waals surface area (Å²) in [5.41, 5.74) is 4.01. The Kier molecular flexibility index (Phi) is 3.34. The lowest BCUT2D eigenvalue weighted by molar-refractivity contribution is 0.0690. The van der Waals surface area contributed by atoms with Gasteiger partial charge in [-0.3, -0.25) is 10.2 Å². The van der Waals surface area contributed by atoms with Gasteiger partial charge in [-0.2, -0.15) is 0 Å². The van der Waals surface area contributed by atoms with E-state index in [1.165, 1.54) is 5.01 Å². The van der Waals surface area contributed by atoms with Crippen LogP contribution in [0.3, 0.4) is 0 Å². The topological polar surface area (TPSA) is 85.4 Å². The molecule has 6 nitrogen and oxygen atoms in total. The molecule has 1 heterocycles. The third-order valence-corrected chi connectivity index (χ3v) is 2.20. The first-order valence-electron chi connectivity index (χ1n) is 4.75. The largest absolute Gasteiger partial charge is 0.477 e. The zero-order valence-electron chi connectivity index (χ0n) is 9.71. The van der Waals surface area contributed by atoms with Gasteiger partial charge in [0.1, 0.15) is 5.69 Å². The van der Waals surface area contributed by atoms with E-state index in [1.54, 1.807) is 27.9 Å². The van der Waals surface area contributed by atoms with Crippen LogP contribution in [0.4, 0.5) is 0 Å². The van der Waals surface area contributed by atoms with Crippen LogP contribution < -0.4 is 5.43 Å². The van der Waals surface area contributed by atoms with Crippen molar-refractivity contribution in [3.05, 3.63) is 22.5 Å². The van der Waals surface area contributed by atoms with E-state index in [2.05, 4.69) is 10.4 Å². The number of hydrogen-bond acceptors (Lipinski definition) is 3. The smallest absolute Gasteiger partial charge is 0.352 e. The zero-order chi connectivity index (χ0) is 12.5. The Morgan fingerprint density at radius 1 is 1.31 bits per heavy atom. The lowest BCUT2D eigenvalue weighted by atomic mass is 10.1. The average molecular weight is 225 g/mol. The third-order valence-electron chi connectivity index (χ3n) is 2.20. The fourth-order valence-electron chi connectivity index (χ4n) is 1.56. The fraction of sp³-hybridized carbons (Fsp3) is 0.400. The lowest BCUT2D eigenvalue weighted by Crippen LogP contribution is -2.36. The SMILES string of the molecule is Cc1[nH]c(C(=O)O)c(C)c1C(=O)NN(C)C. The summed E-state index contributed by atoms with van der Waals surface area (Å²) in [5, 5.41) is 10.4. The van der Waals surface area contributed by atoms with Gasteiger partial charge in [0, 0.05) is 19.8 Å². The maximum Gasteiger partial charge on any atom is 0.352 e. The molecule has 3 N–H and O–H groups in total. The van der Waals surface area contributed by atoms with E-state index in [0.29, 0.717) is 16.8 Å². The molecule has 0 aliphatic rings. The van der Waals surface area contributed by atoms with Crippen molar-refractivity contribution < 1.29 is 14.7 Å². The summed E-state index contributed by atoms with van der Waals surface area (Å²) in [4.78, 5) is 25.3. The summed E-state index contributed by atoms with van der Waals surface area (Å²) in [6.07, 6.45) is 0. The maximum atomic E-state index is 11.8. The molecule has 0 radical (unpaired) electrons. The van der Waals surface area contributed by atoms with Crippen molar-refractivity contribution >= 4 is 11.9 Å². The van der Waals surface area contributed by atoms with Crippen LogP contribution >= 0.6 is 0 Å². The van der Waals surface area contributed by atoms with Gasteiger partial charge in [-0.05, 0) is 19.4 Å². The van der Waals surface area contributed by atoms with Crippen LogP contribution in [0.2, 0.25) is 0 Å². The van der Waals surface area contributed by atoms with Crippen molar-refractivity contribution in [2.24, 2.45) is 0 Å². The number of carbonyl (C=O) groups excluding carboxylic acids is 1. The van der Waals surface area contributed by atoms with Gasteiger partial charge in [0.05, 0.1) is 5.56 Å². The molecule has 0 unspecified atom stereocenters. The van der Waals surface area contributed by atoms with E-state index >= 15 is 0 Å². The quantitative estimate of drug-likeness (QED) is 0.655. The van der Waals surface area contributed by atoms with E-state index in [4.69, 9.17) is 5.11 Å². The normalized spacial score (nSPS) is 10.6. The number of amides is 1. The Morgan fingerprint density at radius 3 is 2.25 bits per heavy atom. The molecule has 1 amide bonds.